The summed E-state index contributed by atoms with van der Waals surface area (Å²) in [6.45, 7) is 4.07. The van der Waals surface area contributed by atoms with Gasteiger partial charge in [0.05, 0.1) is 0 Å². The number of hydrogen-bond acceptors (Lipinski definition) is 6. The van der Waals surface area contributed by atoms with Crippen molar-refractivity contribution in [1.82, 2.24) is 25.1 Å². The van der Waals surface area contributed by atoms with Crippen LogP contribution in [0.25, 0.3) is 15.5 Å². The lowest BCUT2D eigenvalue weighted by Crippen LogP contribution is -2.33. The molecule has 0 saturated heterocycles. The molecular formula is C17H20N6OS2. The van der Waals surface area contributed by atoms with Crippen LogP contribution in [0.1, 0.15) is 38.9 Å². The van der Waals surface area contributed by atoms with E-state index in [1.165, 1.54) is 11.3 Å². The molecule has 7 nitrogen and oxygen atoms in total. The number of aryl methyl sites for hydroxylation is 1. The first-order valence-corrected chi connectivity index (χ1v) is 9.75. The van der Waals surface area contributed by atoms with Gasteiger partial charge < -0.3 is 10.6 Å². The fraction of sp³-hybridized carbons (Fsp3) is 0.353. The van der Waals surface area contributed by atoms with Crippen LogP contribution in [-0.2, 0) is 11.2 Å². The average molecular weight is 389 g/mol. The van der Waals surface area contributed by atoms with Gasteiger partial charge in [0, 0.05) is 24.1 Å². The van der Waals surface area contributed by atoms with Crippen molar-refractivity contribution >= 4 is 45.2 Å². The number of hydrogen-bond donors (Lipinski definition) is 2. The van der Waals surface area contributed by atoms with Gasteiger partial charge in [-0.3, -0.25) is 4.79 Å². The Morgan fingerprint density at radius 3 is 2.69 bits per heavy atom. The number of nitrogens with one attached hydrogen (secondary N) is 2. The van der Waals surface area contributed by atoms with Crippen molar-refractivity contribution in [2.75, 3.05) is 5.32 Å². The fourth-order valence-corrected chi connectivity index (χ4v) is 3.47. The minimum atomic E-state index is -0.0626. The molecule has 2 heterocycles. The van der Waals surface area contributed by atoms with Gasteiger partial charge in [-0.2, -0.15) is 9.61 Å². The van der Waals surface area contributed by atoms with Gasteiger partial charge in [-0.1, -0.05) is 31.6 Å². The highest BCUT2D eigenvalue weighted by molar-refractivity contribution is 7.80. The monoisotopic (exact) mass is 388 g/mol. The number of aromatic nitrogens is 4. The summed E-state index contributed by atoms with van der Waals surface area (Å²) in [4.78, 5) is 12.5. The molecule has 1 amide bonds. The fourth-order valence-electron chi connectivity index (χ4n) is 2.38. The van der Waals surface area contributed by atoms with Crippen LogP contribution in [0.3, 0.4) is 0 Å². The maximum Gasteiger partial charge on any atom is 0.234 e. The van der Waals surface area contributed by atoms with Gasteiger partial charge in [0.15, 0.2) is 10.9 Å². The summed E-state index contributed by atoms with van der Waals surface area (Å²) in [6.07, 6.45) is 3.11. The Labute approximate surface area is 160 Å². The number of unbranched alkanes of at least 4 members (excludes halogenated alkanes) is 1. The third kappa shape index (κ3) is 4.23. The van der Waals surface area contributed by atoms with Gasteiger partial charge in [0.1, 0.15) is 5.01 Å². The van der Waals surface area contributed by atoms with E-state index in [1.54, 1.807) is 4.52 Å². The van der Waals surface area contributed by atoms with Gasteiger partial charge in [-0.25, -0.2) is 0 Å². The highest BCUT2D eigenvalue weighted by Crippen LogP contribution is 2.26. The van der Waals surface area contributed by atoms with Crippen molar-refractivity contribution in [3.8, 4) is 10.6 Å². The van der Waals surface area contributed by atoms with E-state index in [0.717, 1.165) is 46.3 Å². The van der Waals surface area contributed by atoms with E-state index in [9.17, 15) is 4.79 Å². The van der Waals surface area contributed by atoms with Gasteiger partial charge >= 0.3 is 0 Å². The highest BCUT2D eigenvalue weighted by atomic mass is 32.1. The number of fused-ring (bicyclic) bond motifs is 1. The average Bonchev–Trinajstić information content (AvgIpc) is 3.21. The molecule has 0 aliphatic heterocycles. The van der Waals surface area contributed by atoms with Crippen LogP contribution >= 0.6 is 23.6 Å². The smallest absolute Gasteiger partial charge is 0.234 e. The van der Waals surface area contributed by atoms with E-state index in [4.69, 9.17) is 12.2 Å². The van der Waals surface area contributed by atoms with Gasteiger partial charge in [0.2, 0.25) is 10.9 Å². The summed E-state index contributed by atoms with van der Waals surface area (Å²) in [7, 11) is 0. The normalized spacial score (nSPS) is 10.8. The summed E-state index contributed by atoms with van der Waals surface area (Å²) in [5, 5.41) is 19.7. The molecule has 9 heteroatoms. The maximum absolute atomic E-state index is 11.7. The van der Waals surface area contributed by atoms with Gasteiger partial charge in [-0.05, 0) is 42.9 Å². The van der Waals surface area contributed by atoms with Crippen molar-refractivity contribution in [2.24, 2.45) is 0 Å². The molecule has 26 heavy (non-hydrogen) atoms. The van der Waals surface area contributed by atoms with Crippen molar-refractivity contribution in [3.63, 3.8) is 0 Å². The molecule has 1 aromatic carbocycles. The Hall–Kier alpha value is -2.39. The Morgan fingerprint density at radius 2 is 2.00 bits per heavy atom. The van der Waals surface area contributed by atoms with Crippen LogP contribution in [0.5, 0.6) is 0 Å². The standard InChI is InChI=1S/C17H20N6OS2/c1-3-5-6-14(24)19-16(25)18-12-9-7-11(8-10-12)15-22-23-13(4-2)20-21-17(23)26-15/h7-10H,3-6H2,1-2H3,(H2,18,19,24,25). The summed E-state index contributed by atoms with van der Waals surface area (Å²) in [6, 6.07) is 7.73. The SMILES string of the molecule is CCCCC(=O)NC(=S)Nc1ccc(-c2nn3c(CC)nnc3s2)cc1. The minimum Gasteiger partial charge on any atom is -0.332 e. The predicted molar refractivity (Wildman–Crippen MR) is 107 cm³/mol. The number of nitrogens with zero attached hydrogens (tertiary/aromatic N) is 4. The number of rotatable bonds is 6. The van der Waals surface area contributed by atoms with E-state index in [-0.39, 0.29) is 5.91 Å². The van der Waals surface area contributed by atoms with E-state index >= 15 is 0 Å². The van der Waals surface area contributed by atoms with Crippen molar-refractivity contribution in [2.45, 2.75) is 39.5 Å². The van der Waals surface area contributed by atoms with Crippen LogP contribution in [0.4, 0.5) is 5.69 Å². The zero-order valence-electron chi connectivity index (χ0n) is 14.7. The molecule has 0 saturated carbocycles. The van der Waals surface area contributed by atoms with Crippen LogP contribution in [0.15, 0.2) is 24.3 Å². The van der Waals surface area contributed by atoms with Crippen LogP contribution in [0.2, 0.25) is 0 Å². The van der Waals surface area contributed by atoms with E-state index in [0.29, 0.717) is 11.5 Å². The Bertz CT molecular complexity index is 915. The minimum absolute atomic E-state index is 0.0626. The van der Waals surface area contributed by atoms with Crippen LogP contribution < -0.4 is 10.6 Å². The quantitative estimate of drug-likeness (QED) is 0.630. The number of amides is 1. The number of carbonyl (C=O) groups is 1. The molecule has 0 spiro atoms. The number of anilines is 1. The lowest BCUT2D eigenvalue weighted by Gasteiger charge is -2.09. The van der Waals surface area contributed by atoms with E-state index in [1.807, 2.05) is 38.1 Å². The molecule has 3 rings (SSSR count). The zero-order valence-corrected chi connectivity index (χ0v) is 16.3. The Morgan fingerprint density at radius 1 is 1.23 bits per heavy atom. The summed E-state index contributed by atoms with van der Waals surface area (Å²) >= 11 is 6.67. The van der Waals surface area contributed by atoms with Crippen molar-refractivity contribution in [3.05, 3.63) is 30.1 Å². The second kappa shape index (κ2) is 8.33. The van der Waals surface area contributed by atoms with Gasteiger partial charge in [0.25, 0.3) is 0 Å². The van der Waals surface area contributed by atoms with Crippen molar-refractivity contribution in [1.29, 1.82) is 0 Å². The summed E-state index contributed by atoms with van der Waals surface area (Å²) in [5.41, 5.74) is 1.80. The third-order valence-corrected chi connectivity index (χ3v) is 4.92. The molecule has 0 radical (unpaired) electrons. The number of carbonyl (C=O) groups excluding carboxylic acids is 1. The largest absolute Gasteiger partial charge is 0.332 e. The van der Waals surface area contributed by atoms with Gasteiger partial charge in [-0.15, -0.1) is 10.2 Å². The molecule has 0 aliphatic carbocycles. The topological polar surface area (TPSA) is 84.2 Å². The molecule has 0 bridgehead atoms. The molecule has 0 atom stereocenters. The maximum atomic E-state index is 11.7. The number of benzene rings is 1. The Kier molecular flexibility index (Phi) is 5.89. The molecule has 3 aromatic rings. The first kappa shape index (κ1) is 18.4. The summed E-state index contributed by atoms with van der Waals surface area (Å²) in [5.74, 6) is 0.789. The third-order valence-electron chi connectivity index (χ3n) is 3.77. The van der Waals surface area contributed by atoms with E-state index in [2.05, 4.69) is 25.9 Å². The summed E-state index contributed by atoms with van der Waals surface area (Å²) < 4.78 is 1.78. The second-order valence-electron chi connectivity index (χ2n) is 5.75. The predicted octanol–water partition coefficient (Wildman–Crippen LogP) is 3.42. The molecule has 136 valence electrons. The Balaban J connectivity index is 1.65. The van der Waals surface area contributed by atoms with Crippen LogP contribution in [-0.4, -0.2) is 30.8 Å². The first-order valence-electron chi connectivity index (χ1n) is 8.53. The zero-order chi connectivity index (χ0) is 18.5. The van der Waals surface area contributed by atoms with E-state index < -0.39 is 0 Å². The second-order valence-corrected chi connectivity index (χ2v) is 7.12. The highest BCUT2D eigenvalue weighted by Gasteiger charge is 2.12. The first-order chi connectivity index (χ1) is 12.6. The van der Waals surface area contributed by atoms with Crippen molar-refractivity contribution < 1.29 is 4.79 Å². The molecule has 0 aliphatic rings. The van der Waals surface area contributed by atoms with Crippen LogP contribution in [0, 0.1) is 0 Å². The lowest BCUT2D eigenvalue weighted by atomic mass is 10.2. The molecule has 0 unspecified atom stereocenters. The molecule has 2 N–H and O–H groups in total. The molecule has 2 aromatic heterocycles. The lowest BCUT2D eigenvalue weighted by molar-refractivity contribution is -0.119. The molecule has 0 fully saturated rings. The number of thiocarbonyl (C=S) groups is 1. The molecular weight excluding hydrogens is 368 g/mol.